The third-order valence-corrected chi connectivity index (χ3v) is 3.29. The Morgan fingerprint density at radius 3 is 2.24 bits per heavy atom. The number of aliphatic hydroxyl groups is 1. The van der Waals surface area contributed by atoms with E-state index in [4.69, 9.17) is 9.47 Å². The highest BCUT2D eigenvalue weighted by molar-refractivity contribution is 5.81. The third-order valence-electron chi connectivity index (χ3n) is 3.29. The van der Waals surface area contributed by atoms with Crippen LogP contribution in [0, 0.1) is 11.3 Å². The second kappa shape index (κ2) is 11.2. The van der Waals surface area contributed by atoms with E-state index in [0.29, 0.717) is 26.2 Å². The van der Waals surface area contributed by atoms with Gasteiger partial charge in [0.2, 0.25) is 0 Å². The number of hydrogen-bond acceptors (Lipinski definition) is 4. The number of carbonyl (C=O) groups is 1. The van der Waals surface area contributed by atoms with E-state index in [1.54, 1.807) is 0 Å². The first-order valence-corrected chi connectivity index (χ1v) is 8.08. The predicted molar refractivity (Wildman–Crippen MR) is 85.4 cm³/mol. The average Bonchev–Trinajstić information content (AvgIpc) is 2.38. The van der Waals surface area contributed by atoms with E-state index in [9.17, 15) is 9.90 Å². The van der Waals surface area contributed by atoms with E-state index in [-0.39, 0.29) is 29.8 Å². The van der Waals surface area contributed by atoms with Gasteiger partial charge in [-0.2, -0.15) is 0 Å². The monoisotopic (exact) mass is 302 g/mol. The molecule has 21 heavy (non-hydrogen) atoms. The van der Waals surface area contributed by atoms with Crippen molar-refractivity contribution in [3.8, 4) is 0 Å². The molecule has 0 aromatic carbocycles. The lowest BCUT2D eigenvalue weighted by atomic mass is 9.89. The highest BCUT2D eigenvalue weighted by Crippen LogP contribution is 2.22. The molecular formula is C17H34O4. The molecular weight excluding hydrogens is 268 g/mol. The lowest BCUT2D eigenvalue weighted by Crippen LogP contribution is -2.16. The van der Waals surface area contributed by atoms with Gasteiger partial charge in [0.25, 0.3) is 0 Å². The van der Waals surface area contributed by atoms with Crippen LogP contribution in [0.15, 0.2) is 0 Å². The molecule has 0 aliphatic heterocycles. The number of ketones is 1. The van der Waals surface area contributed by atoms with Gasteiger partial charge in [-0.1, -0.05) is 34.6 Å². The van der Waals surface area contributed by atoms with Crippen molar-refractivity contribution in [2.45, 2.75) is 66.4 Å². The van der Waals surface area contributed by atoms with E-state index >= 15 is 0 Å². The summed E-state index contributed by atoms with van der Waals surface area (Å²) in [6.45, 7) is 12.2. The standard InChI is InChI=1S/C17H34O4/c1-14(2)16(19)13-21-11-6-10-20-12-8-15(18)7-9-17(3,4)5/h14-15,18H,6-13H2,1-5H3. The highest BCUT2D eigenvalue weighted by Gasteiger charge is 2.13. The zero-order chi connectivity index (χ0) is 16.3. The smallest absolute Gasteiger partial charge is 0.160 e. The fraction of sp³-hybridized carbons (Fsp3) is 0.941. The maximum atomic E-state index is 11.3. The number of carbonyl (C=O) groups excluding carboxylic acids is 1. The van der Waals surface area contributed by atoms with Gasteiger partial charge in [0.1, 0.15) is 6.61 Å². The van der Waals surface area contributed by atoms with Gasteiger partial charge in [-0.25, -0.2) is 0 Å². The minimum absolute atomic E-state index is 0.0378. The summed E-state index contributed by atoms with van der Waals surface area (Å²) in [6.07, 6.45) is 3.04. The van der Waals surface area contributed by atoms with Crippen LogP contribution in [-0.4, -0.2) is 43.4 Å². The number of hydrogen-bond donors (Lipinski definition) is 1. The highest BCUT2D eigenvalue weighted by atomic mass is 16.5. The van der Waals surface area contributed by atoms with Gasteiger partial charge >= 0.3 is 0 Å². The lowest BCUT2D eigenvalue weighted by molar-refractivity contribution is -0.126. The van der Waals surface area contributed by atoms with Crippen LogP contribution in [0.4, 0.5) is 0 Å². The first-order valence-electron chi connectivity index (χ1n) is 8.08. The minimum Gasteiger partial charge on any atom is -0.393 e. The zero-order valence-electron chi connectivity index (χ0n) is 14.5. The number of rotatable bonds is 12. The molecule has 0 fully saturated rings. The first-order chi connectivity index (χ1) is 9.72. The molecule has 1 N–H and O–H groups in total. The molecule has 4 nitrogen and oxygen atoms in total. The summed E-state index contributed by atoms with van der Waals surface area (Å²) in [5.41, 5.74) is 0.270. The van der Waals surface area contributed by atoms with Crippen LogP contribution in [0.25, 0.3) is 0 Å². The molecule has 0 amide bonds. The van der Waals surface area contributed by atoms with Crippen molar-refractivity contribution in [3.63, 3.8) is 0 Å². The summed E-state index contributed by atoms with van der Waals surface area (Å²) in [5.74, 6) is 0.175. The van der Waals surface area contributed by atoms with Crippen LogP contribution in [-0.2, 0) is 14.3 Å². The molecule has 0 saturated heterocycles. The Morgan fingerprint density at radius 1 is 1.05 bits per heavy atom. The Kier molecular flexibility index (Phi) is 10.9. The molecule has 0 bridgehead atoms. The molecule has 0 aliphatic carbocycles. The molecule has 0 saturated carbocycles. The number of Topliss-reactive ketones (excluding diaryl/α,β-unsaturated/α-hetero) is 1. The van der Waals surface area contributed by atoms with Crippen LogP contribution in [0.2, 0.25) is 0 Å². The van der Waals surface area contributed by atoms with E-state index in [0.717, 1.165) is 19.3 Å². The molecule has 0 radical (unpaired) electrons. The molecule has 126 valence electrons. The second-order valence-electron chi connectivity index (χ2n) is 7.18. The summed E-state index contributed by atoms with van der Waals surface area (Å²) < 4.78 is 10.7. The van der Waals surface area contributed by atoms with Crippen LogP contribution in [0.1, 0.15) is 60.3 Å². The van der Waals surface area contributed by atoms with Gasteiger partial charge in [-0.15, -0.1) is 0 Å². The Hall–Kier alpha value is -0.450. The molecule has 4 heteroatoms. The largest absolute Gasteiger partial charge is 0.393 e. The van der Waals surface area contributed by atoms with Crippen molar-refractivity contribution in [2.75, 3.05) is 26.4 Å². The molecule has 0 heterocycles. The van der Waals surface area contributed by atoms with Crippen LogP contribution < -0.4 is 0 Å². The topological polar surface area (TPSA) is 55.8 Å². The fourth-order valence-corrected chi connectivity index (χ4v) is 1.67. The Labute approximate surface area is 130 Å². The van der Waals surface area contributed by atoms with Crippen molar-refractivity contribution in [3.05, 3.63) is 0 Å². The van der Waals surface area contributed by atoms with Gasteiger partial charge in [0.05, 0.1) is 6.10 Å². The number of ether oxygens (including phenoxy) is 2. The SMILES string of the molecule is CC(C)C(=O)COCCCOCCC(O)CCC(C)(C)C. The molecule has 0 rings (SSSR count). The van der Waals surface area contributed by atoms with Crippen molar-refractivity contribution in [1.29, 1.82) is 0 Å². The van der Waals surface area contributed by atoms with Gasteiger partial charge in [-0.05, 0) is 31.1 Å². The van der Waals surface area contributed by atoms with Crippen LogP contribution >= 0.6 is 0 Å². The third kappa shape index (κ3) is 14.3. The van der Waals surface area contributed by atoms with E-state index in [1.807, 2.05) is 13.8 Å². The molecule has 1 unspecified atom stereocenters. The molecule has 0 aliphatic rings. The maximum absolute atomic E-state index is 11.3. The van der Waals surface area contributed by atoms with Gasteiger partial charge in [0.15, 0.2) is 5.78 Å². The van der Waals surface area contributed by atoms with Crippen LogP contribution in [0.3, 0.4) is 0 Å². The average molecular weight is 302 g/mol. The van der Waals surface area contributed by atoms with Gasteiger partial charge in [-0.3, -0.25) is 4.79 Å². The quantitative estimate of drug-likeness (QED) is 0.562. The Balaban J connectivity index is 3.34. The Morgan fingerprint density at radius 2 is 1.67 bits per heavy atom. The summed E-state index contributed by atoms with van der Waals surface area (Å²) in [6, 6.07) is 0. The van der Waals surface area contributed by atoms with Crippen molar-refractivity contribution < 1.29 is 19.4 Å². The normalized spacial score (nSPS) is 13.7. The summed E-state index contributed by atoms with van der Waals surface area (Å²) in [5, 5.41) is 9.82. The molecule has 1 atom stereocenters. The number of aliphatic hydroxyl groups excluding tert-OH is 1. The van der Waals surface area contributed by atoms with E-state index < -0.39 is 0 Å². The fourth-order valence-electron chi connectivity index (χ4n) is 1.67. The zero-order valence-corrected chi connectivity index (χ0v) is 14.5. The van der Waals surface area contributed by atoms with Crippen LogP contribution in [0.5, 0.6) is 0 Å². The summed E-state index contributed by atoms with van der Waals surface area (Å²) in [4.78, 5) is 11.3. The molecule has 0 aromatic rings. The van der Waals surface area contributed by atoms with E-state index in [1.165, 1.54) is 0 Å². The maximum Gasteiger partial charge on any atom is 0.160 e. The van der Waals surface area contributed by atoms with Crippen molar-refractivity contribution in [2.24, 2.45) is 11.3 Å². The minimum atomic E-state index is -0.274. The van der Waals surface area contributed by atoms with Gasteiger partial charge < -0.3 is 14.6 Å². The molecule has 0 aromatic heterocycles. The second-order valence-corrected chi connectivity index (χ2v) is 7.18. The Bertz CT molecular complexity index is 268. The first kappa shape index (κ1) is 20.6. The summed E-state index contributed by atoms with van der Waals surface area (Å²) >= 11 is 0. The van der Waals surface area contributed by atoms with Crippen molar-refractivity contribution >= 4 is 5.78 Å². The van der Waals surface area contributed by atoms with Crippen molar-refractivity contribution in [1.82, 2.24) is 0 Å². The van der Waals surface area contributed by atoms with E-state index in [2.05, 4.69) is 20.8 Å². The lowest BCUT2D eigenvalue weighted by Gasteiger charge is -2.20. The predicted octanol–water partition coefficient (Wildman–Crippen LogP) is 3.21. The summed E-state index contributed by atoms with van der Waals surface area (Å²) in [7, 11) is 0. The van der Waals surface area contributed by atoms with Gasteiger partial charge in [0, 0.05) is 25.7 Å². The molecule has 0 spiro atoms.